The summed E-state index contributed by atoms with van der Waals surface area (Å²) < 4.78 is 15.7. The zero-order valence-corrected chi connectivity index (χ0v) is 19.4. The average molecular weight is 462 g/mol. The second-order valence-electron chi connectivity index (χ2n) is 9.26. The van der Waals surface area contributed by atoms with E-state index in [0.29, 0.717) is 29.0 Å². The highest BCUT2D eigenvalue weighted by Crippen LogP contribution is 2.51. The molecular formula is C26H28FN5O2. The van der Waals surface area contributed by atoms with Crippen molar-refractivity contribution < 1.29 is 9.18 Å². The van der Waals surface area contributed by atoms with Gasteiger partial charge in [-0.05, 0) is 54.1 Å². The molecule has 0 bridgehead atoms. The first-order chi connectivity index (χ1) is 16.2. The van der Waals surface area contributed by atoms with Crippen LogP contribution in [-0.2, 0) is 13.1 Å². The summed E-state index contributed by atoms with van der Waals surface area (Å²) in [4.78, 5) is 33.0. The molecule has 0 aliphatic heterocycles. The molecule has 176 valence electrons. The van der Waals surface area contributed by atoms with Gasteiger partial charge in [0.15, 0.2) is 0 Å². The number of fused-ring (bicyclic) bond motifs is 1. The Morgan fingerprint density at radius 2 is 2.00 bits per heavy atom. The average Bonchev–Trinajstić information content (AvgIpc) is 3.42. The van der Waals surface area contributed by atoms with Crippen LogP contribution in [0.5, 0.6) is 0 Å². The number of pyridine rings is 1. The van der Waals surface area contributed by atoms with Crippen LogP contribution in [0.4, 0.5) is 4.39 Å². The van der Waals surface area contributed by atoms with E-state index in [1.54, 1.807) is 18.2 Å². The molecule has 1 unspecified atom stereocenters. The van der Waals surface area contributed by atoms with Crippen LogP contribution in [0, 0.1) is 17.3 Å². The highest BCUT2D eigenvalue weighted by atomic mass is 19.1. The Hall–Kier alpha value is -3.65. The van der Waals surface area contributed by atoms with Crippen molar-refractivity contribution in [2.24, 2.45) is 11.3 Å². The third-order valence-corrected chi connectivity index (χ3v) is 6.36. The van der Waals surface area contributed by atoms with E-state index in [2.05, 4.69) is 47.6 Å². The van der Waals surface area contributed by atoms with Crippen LogP contribution in [0.1, 0.15) is 47.7 Å². The predicted molar refractivity (Wildman–Crippen MR) is 131 cm³/mol. The standard InChI is InChI=1S/C26H28FN5O2/c1-5-22-30-21(11-23(33)32(22)6-2)25(34)29-13-16-7-8-20-17(9-16)10-18(24(27)31-20)14-28-15-19-12-26(19,3)4/h5-11,19,28H,1-2,12-15H2,3-4H3,(H,29,34). The smallest absolute Gasteiger partial charge is 0.270 e. The van der Waals surface area contributed by atoms with Crippen LogP contribution in [0.15, 0.2) is 48.3 Å². The van der Waals surface area contributed by atoms with Crippen LogP contribution in [-0.4, -0.2) is 27.0 Å². The maximum absolute atomic E-state index is 14.4. The van der Waals surface area contributed by atoms with Crippen LogP contribution in [0.25, 0.3) is 23.2 Å². The third-order valence-electron chi connectivity index (χ3n) is 6.36. The molecule has 7 nitrogen and oxygen atoms in total. The molecule has 0 spiro atoms. The van der Waals surface area contributed by atoms with Gasteiger partial charge >= 0.3 is 0 Å². The molecule has 2 N–H and O–H groups in total. The summed E-state index contributed by atoms with van der Waals surface area (Å²) in [6, 6.07) is 8.32. The highest BCUT2D eigenvalue weighted by molar-refractivity contribution is 5.92. The topological polar surface area (TPSA) is 88.9 Å². The number of nitrogens with zero attached hydrogens (tertiary/aromatic N) is 3. The lowest BCUT2D eigenvalue weighted by molar-refractivity contribution is 0.0945. The Morgan fingerprint density at radius 1 is 1.24 bits per heavy atom. The van der Waals surface area contributed by atoms with Crippen molar-refractivity contribution in [3.05, 3.63) is 82.4 Å². The fourth-order valence-electron chi connectivity index (χ4n) is 4.01. The minimum Gasteiger partial charge on any atom is -0.347 e. The largest absolute Gasteiger partial charge is 0.347 e. The third kappa shape index (κ3) is 4.97. The van der Waals surface area contributed by atoms with Gasteiger partial charge < -0.3 is 10.6 Å². The highest BCUT2D eigenvalue weighted by Gasteiger charge is 2.44. The molecule has 2 heterocycles. The number of nitrogens with one attached hydrogen (secondary N) is 2. The van der Waals surface area contributed by atoms with E-state index >= 15 is 0 Å². The predicted octanol–water partition coefficient (Wildman–Crippen LogP) is 3.74. The summed E-state index contributed by atoms with van der Waals surface area (Å²) in [5.74, 6) is -0.102. The monoisotopic (exact) mass is 461 g/mol. The van der Waals surface area contributed by atoms with Crippen molar-refractivity contribution in [3.8, 4) is 0 Å². The van der Waals surface area contributed by atoms with Gasteiger partial charge in [-0.2, -0.15) is 4.39 Å². The van der Waals surface area contributed by atoms with Crippen LogP contribution in [0.2, 0.25) is 0 Å². The lowest BCUT2D eigenvalue weighted by atomic mass is 10.1. The summed E-state index contributed by atoms with van der Waals surface area (Å²) in [6.07, 6.45) is 3.88. The second kappa shape index (κ2) is 9.30. The zero-order chi connectivity index (χ0) is 24.5. The molecule has 1 fully saturated rings. The maximum atomic E-state index is 14.4. The summed E-state index contributed by atoms with van der Waals surface area (Å²) in [5, 5.41) is 6.89. The van der Waals surface area contributed by atoms with Crippen LogP contribution < -0.4 is 16.2 Å². The minimum absolute atomic E-state index is 0.00488. The normalized spacial score (nSPS) is 16.3. The van der Waals surface area contributed by atoms with E-state index in [4.69, 9.17) is 0 Å². The zero-order valence-electron chi connectivity index (χ0n) is 19.4. The van der Waals surface area contributed by atoms with Gasteiger partial charge in [-0.3, -0.25) is 14.2 Å². The summed E-state index contributed by atoms with van der Waals surface area (Å²) in [7, 11) is 0. The Morgan fingerprint density at radius 3 is 2.68 bits per heavy atom. The van der Waals surface area contributed by atoms with Crippen molar-refractivity contribution in [2.75, 3.05) is 6.54 Å². The molecule has 8 heteroatoms. The number of benzene rings is 1. The number of hydrogen-bond acceptors (Lipinski definition) is 5. The minimum atomic E-state index is -0.485. The Kier molecular flexibility index (Phi) is 6.43. The molecule has 1 saturated carbocycles. The lowest BCUT2D eigenvalue weighted by Crippen LogP contribution is -2.28. The number of rotatable bonds is 9. The van der Waals surface area contributed by atoms with Gasteiger partial charge in [0.05, 0.1) is 5.52 Å². The molecular weight excluding hydrogens is 433 g/mol. The van der Waals surface area contributed by atoms with Gasteiger partial charge in [0.2, 0.25) is 5.95 Å². The molecule has 1 aliphatic carbocycles. The molecule has 2 aromatic heterocycles. The Bertz CT molecular complexity index is 1350. The van der Waals surface area contributed by atoms with E-state index in [-0.39, 0.29) is 18.1 Å². The van der Waals surface area contributed by atoms with Crippen LogP contribution in [0.3, 0.4) is 0 Å². The van der Waals surface area contributed by atoms with E-state index < -0.39 is 17.4 Å². The maximum Gasteiger partial charge on any atom is 0.270 e. The number of aromatic nitrogens is 3. The number of halogens is 1. The van der Waals surface area contributed by atoms with Gasteiger partial charge in [0.1, 0.15) is 11.5 Å². The number of carbonyl (C=O) groups excluding carboxylic acids is 1. The lowest BCUT2D eigenvalue weighted by Gasteiger charge is -2.10. The van der Waals surface area contributed by atoms with Gasteiger partial charge in [-0.1, -0.05) is 33.1 Å². The number of hydrogen-bond donors (Lipinski definition) is 2. The second-order valence-corrected chi connectivity index (χ2v) is 9.26. The van der Waals surface area contributed by atoms with Crippen molar-refractivity contribution in [3.63, 3.8) is 0 Å². The molecule has 0 radical (unpaired) electrons. The Labute approximate surface area is 197 Å². The SMILES string of the molecule is C=Cc1nc(C(=O)NCc2ccc3nc(F)c(CNCC4CC4(C)C)cc3c2)cc(=O)n1C=C. The quantitative estimate of drug-likeness (QED) is 0.474. The number of amides is 1. The molecule has 1 aromatic carbocycles. The van der Waals surface area contributed by atoms with Crippen molar-refractivity contribution in [1.82, 2.24) is 25.2 Å². The molecule has 34 heavy (non-hydrogen) atoms. The fourth-order valence-corrected chi connectivity index (χ4v) is 4.01. The fraction of sp³-hybridized carbons (Fsp3) is 0.308. The van der Waals surface area contributed by atoms with Gasteiger partial charge in [-0.15, -0.1) is 0 Å². The van der Waals surface area contributed by atoms with E-state index in [0.717, 1.165) is 23.6 Å². The van der Waals surface area contributed by atoms with Crippen LogP contribution >= 0.6 is 0 Å². The molecule has 0 saturated heterocycles. The van der Waals surface area contributed by atoms with Gasteiger partial charge in [-0.25, -0.2) is 9.97 Å². The van der Waals surface area contributed by atoms with Crippen molar-refractivity contribution in [2.45, 2.75) is 33.4 Å². The first kappa shape index (κ1) is 23.5. The molecule has 1 amide bonds. The first-order valence-corrected chi connectivity index (χ1v) is 11.2. The van der Waals surface area contributed by atoms with Gasteiger partial charge in [0.25, 0.3) is 11.5 Å². The van der Waals surface area contributed by atoms with E-state index in [1.165, 1.54) is 23.3 Å². The molecule has 1 aliphatic rings. The van der Waals surface area contributed by atoms with E-state index in [1.807, 2.05) is 6.07 Å². The van der Waals surface area contributed by atoms with Crippen molar-refractivity contribution >= 4 is 29.1 Å². The molecule has 3 aromatic rings. The van der Waals surface area contributed by atoms with Gasteiger partial charge in [0, 0.05) is 36.3 Å². The van der Waals surface area contributed by atoms with E-state index in [9.17, 15) is 14.0 Å². The number of carbonyl (C=O) groups is 1. The first-order valence-electron chi connectivity index (χ1n) is 11.2. The van der Waals surface area contributed by atoms with Crippen molar-refractivity contribution in [1.29, 1.82) is 0 Å². The Balaban J connectivity index is 1.45. The summed E-state index contributed by atoms with van der Waals surface area (Å²) in [6.45, 7) is 13.1. The molecule has 1 atom stereocenters. The molecule has 4 rings (SSSR count). The summed E-state index contributed by atoms with van der Waals surface area (Å²) >= 11 is 0. The summed E-state index contributed by atoms with van der Waals surface area (Å²) in [5.41, 5.74) is 1.82.